The van der Waals surface area contributed by atoms with Crippen LogP contribution in [0.5, 0.6) is 0 Å². The summed E-state index contributed by atoms with van der Waals surface area (Å²) >= 11 is 0. The first kappa shape index (κ1) is 19.6. The van der Waals surface area contributed by atoms with E-state index in [4.69, 9.17) is 0 Å². The average molecular weight is 413 g/mol. The van der Waals surface area contributed by atoms with E-state index in [1.54, 1.807) is 34.9 Å². The molecule has 1 fully saturated rings. The monoisotopic (exact) mass is 412 g/mol. The number of amides is 1. The van der Waals surface area contributed by atoms with Crippen LogP contribution in [0.3, 0.4) is 0 Å². The van der Waals surface area contributed by atoms with Crippen LogP contribution in [0.15, 0.2) is 59.9 Å². The first-order valence-corrected chi connectivity index (χ1v) is 11.2. The van der Waals surface area contributed by atoms with Gasteiger partial charge in [-0.3, -0.25) is 9.78 Å². The summed E-state index contributed by atoms with van der Waals surface area (Å²) in [6.45, 7) is 3.40. The van der Waals surface area contributed by atoms with Crippen LogP contribution < -0.4 is 5.32 Å². The number of carbonyl (C=O) groups is 1. The minimum absolute atomic E-state index is 0.111. The lowest BCUT2D eigenvalue weighted by Gasteiger charge is -2.17. The lowest BCUT2D eigenvalue weighted by Crippen LogP contribution is -2.30. The summed E-state index contributed by atoms with van der Waals surface area (Å²) in [7, 11) is -3.46. The zero-order valence-corrected chi connectivity index (χ0v) is 17.1. The van der Waals surface area contributed by atoms with Crippen LogP contribution in [0.4, 0.5) is 0 Å². The van der Waals surface area contributed by atoms with Gasteiger partial charge in [-0.15, -0.1) is 0 Å². The first-order valence-electron chi connectivity index (χ1n) is 9.74. The first-order chi connectivity index (χ1) is 14.0. The van der Waals surface area contributed by atoms with Gasteiger partial charge in [0.2, 0.25) is 15.9 Å². The van der Waals surface area contributed by atoms with Crippen LogP contribution in [-0.2, 0) is 21.4 Å². The molecule has 1 amide bonds. The highest BCUT2D eigenvalue weighted by Gasteiger charge is 2.27. The third kappa shape index (κ3) is 3.90. The van der Waals surface area contributed by atoms with Crippen LogP contribution in [-0.4, -0.2) is 41.3 Å². The molecule has 0 radical (unpaired) electrons. The second-order valence-electron chi connectivity index (χ2n) is 7.31. The summed E-state index contributed by atoms with van der Waals surface area (Å²) in [4.78, 5) is 17.0. The molecule has 1 N–H and O–H groups in total. The molecule has 1 atom stereocenters. The molecular weight excluding hydrogens is 388 g/mol. The van der Waals surface area contributed by atoms with Crippen molar-refractivity contribution in [1.82, 2.24) is 19.2 Å². The Hall–Kier alpha value is -2.71. The standard InChI is InChI=1S/C21H24N4O3S/c1-16(21(26)23-15-17-5-4-9-22-14-17)25-12-8-18-13-19(6-7-20(18)25)29(27,28)24-10-2-3-11-24/h4-9,12-14,16H,2-3,10-11,15H2,1H3,(H,23,26). The fourth-order valence-corrected chi connectivity index (χ4v) is 5.24. The second kappa shape index (κ2) is 7.96. The number of fused-ring (bicyclic) bond motifs is 1. The molecule has 2 aromatic heterocycles. The smallest absolute Gasteiger partial charge is 0.243 e. The molecule has 1 aliphatic rings. The number of nitrogens with one attached hydrogen (secondary N) is 1. The van der Waals surface area contributed by atoms with E-state index in [9.17, 15) is 13.2 Å². The Morgan fingerprint density at radius 2 is 2.00 bits per heavy atom. The van der Waals surface area contributed by atoms with Crippen LogP contribution in [0.2, 0.25) is 0 Å². The number of nitrogens with zero attached hydrogens (tertiary/aromatic N) is 3. The van der Waals surface area contributed by atoms with Crippen LogP contribution in [0.1, 0.15) is 31.4 Å². The highest BCUT2D eigenvalue weighted by molar-refractivity contribution is 7.89. The molecule has 0 spiro atoms. The zero-order chi connectivity index (χ0) is 20.4. The quantitative estimate of drug-likeness (QED) is 0.675. The topological polar surface area (TPSA) is 84.3 Å². The van der Waals surface area contributed by atoms with Crippen molar-refractivity contribution >= 4 is 26.8 Å². The van der Waals surface area contributed by atoms with Crippen molar-refractivity contribution in [3.63, 3.8) is 0 Å². The largest absolute Gasteiger partial charge is 0.350 e. The van der Waals surface area contributed by atoms with Crippen molar-refractivity contribution < 1.29 is 13.2 Å². The van der Waals surface area contributed by atoms with E-state index in [1.165, 1.54) is 0 Å². The Balaban J connectivity index is 1.53. The molecule has 3 aromatic rings. The molecule has 0 saturated carbocycles. The third-order valence-corrected chi connectivity index (χ3v) is 7.28. The summed E-state index contributed by atoms with van der Waals surface area (Å²) in [5.74, 6) is -0.111. The molecule has 1 saturated heterocycles. The van der Waals surface area contributed by atoms with E-state index in [1.807, 2.05) is 35.9 Å². The van der Waals surface area contributed by atoms with E-state index in [-0.39, 0.29) is 5.91 Å². The summed E-state index contributed by atoms with van der Waals surface area (Å²) in [5.41, 5.74) is 1.76. The van der Waals surface area contributed by atoms with Crippen molar-refractivity contribution in [3.05, 3.63) is 60.6 Å². The molecular formula is C21H24N4O3S. The van der Waals surface area contributed by atoms with Crippen LogP contribution >= 0.6 is 0 Å². The van der Waals surface area contributed by atoms with Gasteiger partial charge in [-0.05, 0) is 55.7 Å². The van der Waals surface area contributed by atoms with E-state index in [0.717, 1.165) is 29.3 Å². The maximum absolute atomic E-state index is 12.8. The summed E-state index contributed by atoms with van der Waals surface area (Å²) < 4.78 is 29.0. The van der Waals surface area contributed by atoms with Crippen molar-refractivity contribution in [3.8, 4) is 0 Å². The molecule has 152 valence electrons. The predicted molar refractivity (Wildman–Crippen MR) is 111 cm³/mol. The van der Waals surface area contributed by atoms with Gasteiger partial charge in [0.05, 0.1) is 4.90 Å². The zero-order valence-electron chi connectivity index (χ0n) is 16.3. The Morgan fingerprint density at radius 3 is 2.72 bits per heavy atom. The van der Waals surface area contributed by atoms with E-state index in [2.05, 4.69) is 10.3 Å². The highest BCUT2D eigenvalue weighted by Crippen LogP contribution is 2.26. The van der Waals surface area contributed by atoms with Gasteiger partial charge >= 0.3 is 0 Å². The van der Waals surface area contributed by atoms with Crippen molar-refractivity contribution in [1.29, 1.82) is 0 Å². The van der Waals surface area contributed by atoms with E-state index in [0.29, 0.717) is 24.5 Å². The number of rotatable bonds is 6. The van der Waals surface area contributed by atoms with Gasteiger partial charge in [-0.1, -0.05) is 6.07 Å². The molecule has 0 aliphatic carbocycles. The van der Waals surface area contributed by atoms with Crippen LogP contribution in [0.25, 0.3) is 10.9 Å². The number of hydrogen-bond donors (Lipinski definition) is 1. The molecule has 0 bridgehead atoms. The summed E-state index contributed by atoms with van der Waals surface area (Å²) in [6.07, 6.45) is 7.05. The minimum Gasteiger partial charge on any atom is -0.350 e. The van der Waals surface area contributed by atoms with Gasteiger partial charge in [0.15, 0.2) is 0 Å². The predicted octanol–water partition coefficient (Wildman–Crippen LogP) is 2.70. The van der Waals surface area contributed by atoms with E-state index >= 15 is 0 Å². The van der Waals surface area contributed by atoms with Crippen LogP contribution in [0, 0.1) is 0 Å². The molecule has 8 heteroatoms. The van der Waals surface area contributed by atoms with Crippen molar-refractivity contribution in [2.45, 2.75) is 37.2 Å². The molecule has 1 aliphatic heterocycles. The lowest BCUT2D eigenvalue weighted by molar-refractivity contribution is -0.123. The number of aromatic nitrogens is 2. The molecule has 29 heavy (non-hydrogen) atoms. The fourth-order valence-electron chi connectivity index (χ4n) is 3.68. The highest BCUT2D eigenvalue weighted by atomic mass is 32.2. The Morgan fingerprint density at radius 1 is 1.21 bits per heavy atom. The maximum Gasteiger partial charge on any atom is 0.243 e. The summed E-state index contributed by atoms with van der Waals surface area (Å²) in [5, 5.41) is 3.73. The Bertz CT molecular complexity index is 1120. The van der Waals surface area contributed by atoms with E-state index < -0.39 is 16.1 Å². The molecule has 3 heterocycles. The number of hydrogen-bond acceptors (Lipinski definition) is 4. The summed E-state index contributed by atoms with van der Waals surface area (Å²) in [6, 6.07) is 10.3. The number of pyridine rings is 1. The average Bonchev–Trinajstić information content (AvgIpc) is 3.42. The number of benzene rings is 1. The third-order valence-electron chi connectivity index (χ3n) is 5.38. The molecule has 4 rings (SSSR count). The normalized spacial score (nSPS) is 16.2. The molecule has 1 aromatic carbocycles. The van der Waals surface area contributed by atoms with Crippen molar-refractivity contribution in [2.75, 3.05) is 13.1 Å². The number of sulfonamides is 1. The van der Waals surface area contributed by atoms with Gasteiger partial charge in [0.25, 0.3) is 0 Å². The second-order valence-corrected chi connectivity index (χ2v) is 9.25. The minimum atomic E-state index is -3.46. The van der Waals surface area contributed by atoms with Crippen molar-refractivity contribution in [2.24, 2.45) is 0 Å². The molecule has 7 nitrogen and oxygen atoms in total. The maximum atomic E-state index is 12.8. The Kier molecular flexibility index (Phi) is 5.38. The lowest BCUT2D eigenvalue weighted by atomic mass is 10.2. The van der Waals surface area contributed by atoms with Gasteiger partial charge < -0.3 is 9.88 Å². The Labute approximate surface area is 170 Å². The molecule has 1 unspecified atom stereocenters. The van der Waals surface area contributed by atoms with Gasteiger partial charge in [0.1, 0.15) is 6.04 Å². The number of carbonyl (C=O) groups excluding carboxylic acids is 1. The fraction of sp³-hybridized carbons (Fsp3) is 0.333. The van der Waals surface area contributed by atoms with Gasteiger partial charge in [0, 0.05) is 49.1 Å². The van der Waals surface area contributed by atoms with Gasteiger partial charge in [-0.2, -0.15) is 4.31 Å². The van der Waals surface area contributed by atoms with Gasteiger partial charge in [-0.25, -0.2) is 8.42 Å². The SMILES string of the molecule is CC(C(=O)NCc1cccnc1)n1ccc2cc(S(=O)(=O)N3CCCC3)ccc21.